The smallest absolute Gasteiger partial charge is 0.217 e. The number of aliphatic hydroxyl groups is 9. The molecule has 19 nitrogen and oxygen atoms in total. The lowest BCUT2D eigenvalue weighted by atomic mass is 9.95. The zero-order valence-corrected chi connectivity index (χ0v) is 27.4. The summed E-state index contributed by atoms with van der Waals surface area (Å²) >= 11 is 0. The van der Waals surface area contributed by atoms with E-state index in [1.807, 2.05) is 6.92 Å². The van der Waals surface area contributed by atoms with Crippen LogP contribution in [-0.4, -0.2) is 188 Å². The standard InChI is InChI=1S/C29H51NO18/c1-6-7-41-27-22(40)23(16(34)10(3)42-27)46-29-25(48-28-21(39)20(38)15(33)9(2)43-28)24(17(35)11(4)44-29)47-26-14(30-12(5)32)19(37)18(36)13(8-31)45-26/h9-11,13-29,31,33-40H,6-8H2,1-5H3,(H,30,32)/t9-,10-,11-,13+,14+,15-,16-,17-,18+,19+,20+,21+,22+,23+,24+,25+,26-,27+,28-,29-/m0/s1. The Hall–Kier alpha value is -1.21. The molecule has 19 heteroatoms. The first-order valence-electron chi connectivity index (χ1n) is 16.1. The molecular formula is C29H51NO18. The van der Waals surface area contributed by atoms with Crippen molar-refractivity contribution < 1.29 is 88.6 Å². The molecule has 4 fully saturated rings. The van der Waals surface area contributed by atoms with Gasteiger partial charge in [0, 0.05) is 13.5 Å². The summed E-state index contributed by atoms with van der Waals surface area (Å²) < 4.78 is 46.8. The van der Waals surface area contributed by atoms with E-state index in [4.69, 9.17) is 37.9 Å². The van der Waals surface area contributed by atoms with E-state index in [1.54, 1.807) is 0 Å². The Morgan fingerprint density at radius 3 is 1.75 bits per heavy atom. The highest BCUT2D eigenvalue weighted by Crippen LogP contribution is 2.36. The molecule has 10 N–H and O–H groups in total. The van der Waals surface area contributed by atoms with Crippen molar-refractivity contribution in [2.45, 2.75) is 164 Å². The van der Waals surface area contributed by atoms with Crippen molar-refractivity contribution in [1.82, 2.24) is 5.32 Å². The third kappa shape index (κ3) is 8.45. The van der Waals surface area contributed by atoms with Gasteiger partial charge in [0.05, 0.1) is 24.9 Å². The molecule has 280 valence electrons. The fourth-order valence-corrected chi connectivity index (χ4v) is 6.10. The SMILES string of the molecule is CCCO[C@@H]1O[C@@H](C)[C@H](O)[C@@H](O[C@@H]2O[C@@H](C)[C@H](O)[C@@H](O[C@@H]3O[C@H](CO)[C@@H](O)[C@H](O)[C@H]3NC(C)=O)[C@H]2O[C@@H]2O[C@@H](C)[C@H](O)[C@@H](O)[C@H]2O)[C@H]1O. The second-order valence-electron chi connectivity index (χ2n) is 12.7. The van der Waals surface area contributed by atoms with E-state index in [0.717, 1.165) is 6.92 Å². The molecule has 1 amide bonds. The van der Waals surface area contributed by atoms with Gasteiger partial charge in [-0.15, -0.1) is 0 Å². The quantitative estimate of drug-likeness (QED) is 0.0964. The number of carbonyl (C=O) groups is 1. The Morgan fingerprint density at radius 2 is 1.15 bits per heavy atom. The van der Waals surface area contributed by atoms with Crippen molar-refractivity contribution in [1.29, 1.82) is 0 Å². The van der Waals surface area contributed by atoms with Crippen LogP contribution in [0.1, 0.15) is 41.0 Å². The molecule has 0 aliphatic carbocycles. The van der Waals surface area contributed by atoms with Gasteiger partial charge in [0.1, 0.15) is 79.3 Å². The third-order valence-electron chi connectivity index (χ3n) is 8.96. The fraction of sp³-hybridized carbons (Fsp3) is 0.966. The molecule has 4 aliphatic heterocycles. The third-order valence-corrected chi connectivity index (χ3v) is 8.96. The molecule has 0 unspecified atom stereocenters. The number of nitrogens with one attached hydrogen (secondary N) is 1. The minimum absolute atomic E-state index is 0.220. The highest BCUT2D eigenvalue weighted by atomic mass is 16.8. The molecule has 48 heavy (non-hydrogen) atoms. The van der Waals surface area contributed by atoms with Crippen LogP contribution in [-0.2, 0) is 42.7 Å². The number of aliphatic hydroxyl groups excluding tert-OH is 9. The Balaban J connectivity index is 1.70. The molecule has 0 bridgehead atoms. The van der Waals surface area contributed by atoms with Gasteiger partial charge < -0.3 is 89.2 Å². The van der Waals surface area contributed by atoms with E-state index in [2.05, 4.69) is 5.32 Å². The predicted molar refractivity (Wildman–Crippen MR) is 155 cm³/mol. The first-order chi connectivity index (χ1) is 22.6. The number of hydrogen-bond donors (Lipinski definition) is 10. The monoisotopic (exact) mass is 701 g/mol. The first-order valence-corrected chi connectivity index (χ1v) is 16.1. The van der Waals surface area contributed by atoms with E-state index in [-0.39, 0.29) is 6.61 Å². The Kier molecular flexibility index (Phi) is 13.9. The van der Waals surface area contributed by atoms with Crippen LogP contribution in [0.2, 0.25) is 0 Å². The van der Waals surface area contributed by atoms with Gasteiger partial charge >= 0.3 is 0 Å². The molecule has 0 aromatic rings. The van der Waals surface area contributed by atoms with Crippen molar-refractivity contribution in [2.75, 3.05) is 13.2 Å². The van der Waals surface area contributed by atoms with E-state index in [0.29, 0.717) is 6.42 Å². The summed E-state index contributed by atoms with van der Waals surface area (Å²) in [4.78, 5) is 12.0. The number of rotatable bonds is 11. The van der Waals surface area contributed by atoms with Gasteiger partial charge in [-0.2, -0.15) is 0 Å². The van der Waals surface area contributed by atoms with Crippen LogP contribution in [0.5, 0.6) is 0 Å². The van der Waals surface area contributed by atoms with Crippen molar-refractivity contribution in [3.8, 4) is 0 Å². The fourth-order valence-electron chi connectivity index (χ4n) is 6.10. The molecule has 0 radical (unpaired) electrons. The van der Waals surface area contributed by atoms with Crippen LogP contribution in [0, 0.1) is 0 Å². The maximum atomic E-state index is 12.0. The normalized spacial score (nSPS) is 50.2. The lowest BCUT2D eigenvalue weighted by Gasteiger charge is -2.50. The average Bonchev–Trinajstić information content (AvgIpc) is 3.04. The van der Waals surface area contributed by atoms with Crippen LogP contribution >= 0.6 is 0 Å². The molecule has 4 saturated heterocycles. The maximum absolute atomic E-state index is 12.0. The number of hydrogen-bond acceptors (Lipinski definition) is 18. The highest BCUT2D eigenvalue weighted by Gasteiger charge is 2.56. The van der Waals surface area contributed by atoms with Gasteiger partial charge in [-0.25, -0.2) is 0 Å². The highest BCUT2D eigenvalue weighted by molar-refractivity contribution is 5.73. The van der Waals surface area contributed by atoms with Gasteiger partial charge in [-0.1, -0.05) is 6.92 Å². The maximum Gasteiger partial charge on any atom is 0.217 e. The molecule has 0 saturated carbocycles. The molecule has 20 atom stereocenters. The van der Waals surface area contributed by atoms with Crippen LogP contribution in [0.4, 0.5) is 0 Å². The van der Waals surface area contributed by atoms with Gasteiger partial charge in [-0.05, 0) is 27.2 Å². The van der Waals surface area contributed by atoms with Crippen molar-refractivity contribution in [2.24, 2.45) is 0 Å². The second-order valence-corrected chi connectivity index (χ2v) is 12.7. The topological polar surface area (TPSA) is 285 Å². The minimum atomic E-state index is -1.84. The molecule has 0 aromatic heterocycles. The Labute approximate surface area is 277 Å². The number of ether oxygens (including phenoxy) is 8. The summed E-state index contributed by atoms with van der Waals surface area (Å²) in [5, 5.41) is 98.5. The van der Waals surface area contributed by atoms with Crippen LogP contribution in [0.25, 0.3) is 0 Å². The summed E-state index contributed by atoms with van der Waals surface area (Å²) in [5.74, 6) is -0.641. The van der Waals surface area contributed by atoms with E-state index >= 15 is 0 Å². The van der Waals surface area contributed by atoms with Crippen molar-refractivity contribution in [3.63, 3.8) is 0 Å². The zero-order chi connectivity index (χ0) is 35.6. The predicted octanol–water partition coefficient (Wildman–Crippen LogP) is -5.09. The summed E-state index contributed by atoms with van der Waals surface area (Å²) in [7, 11) is 0. The van der Waals surface area contributed by atoms with E-state index in [9.17, 15) is 50.8 Å². The lowest BCUT2D eigenvalue weighted by Crippen LogP contribution is -2.69. The Morgan fingerprint density at radius 1 is 0.604 bits per heavy atom. The van der Waals surface area contributed by atoms with Gasteiger partial charge in [-0.3, -0.25) is 4.79 Å². The van der Waals surface area contributed by atoms with Gasteiger partial charge in [0.2, 0.25) is 5.91 Å². The second kappa shape index (κ2) is 16.9. The number of amides is 1. The summed E-state index contributed by atoms with van der Waals surface area (Å²) in [6.45, 7) is 6.83. The summed E-state index contributed by atoms with van der Waals surface area (Å²) in [6, 6.07) is -1.43. The lowest BCUT2D eigenvalue weighted by molar-refractivity contribution is -0.398. The molecular weight excluding hydrogens is 650 g/mol. The largest absolute Gasteiger partial charge is 0.394 e. The molecule has 4 aliphatic rings. The molecule has 0 aromatic carbocycles. The average molecular weight is 702 g/mol. The first kappa shape index (κ1) is 39.6. The Bertz CT molecular complexity index is 1030. The molecule has 0 spiro atoms. The van der Waals surface area contributed by atoms with Gasteiger partial charge in [0.25, 0.3) is 0 Å². The van der Waals surface area contributed by atoms with Crippen molar-refractivity contribution >= 4 is 5.91 Å². The van der Waals surface area contributed by atoms with E-state index in [1.165, 1.54) is 20.8 Å². The van der Waals surface area contributed by atoms with Crippen LogP contribution in [0.15, 0.2) is 0 Å². The number of carbonyl (C=O) groups excluding carboxylic acids is 1. The summed E-state index contributed by atoms with van der Waals surface area (Å²) in [5.41, 5.74) is 0. The van der Waals surface area contributed by atoms with Crippen LogP contribution in [0.3, 0.4) is 0 Å². The zero-order valence-electron chi connectivity index (χ0n) is 27.4. The molecule has 4 rings (SSSR count). The molecule has 4 heterocycles. The van der Waals surface area contributed by atoms with Crippen LogP contribution < -0.4 is 5.32 Å². The van der Waals surface area contributed by atoms with Crippen molar-refractivity contribution in [3.05, 3.63) is 0 Å². The minimum Gasteiger partial charge on any atom is -0.394 e. The summed E-state index contributed by atoms with van der Waals surface area (Å²) in [6.07, 6.45) is -27.7. The van der Waals surface area contributed by atoms with Gasteiger partial charge in [0.15, 0.2) is 25.2 Å². The van der Waals surface area contributed by atoms with E-state index < -0.39 is 135 Å².